The van der Waals surface area contributed by atoms with Gasteiger partial charge in [0, 0.05) is 37.2 Å². The predicted octanol–water partition coefficient (Wildman–Crippen LogP) is 2.96. The second-order valence-electron chi connectivity index (χ2n) is 4.77. The minimum atomic E-state index is -0.385. The van der Waals surface area contributed by atoms with Crippen LogP contribution < -0.4 is 10.2 Å². The molecule has 6 heteroatoms. The van der Waals surface area contributed by atoms with E-state index >= 15 is 0 Å². The summed E-state index contributed by atoms with van der Waals surface area (Å²) in [4.78, 5) is 10.4. The first-order valence-corrected chi connectivity index (χ1v) is 6.83. The van der Waals surface area contributed by atoms with Gasteiger partial charge in [-0.1, -0.05) is 11.6 Å². The summed E-state index contributed by atoms with van der Waals surface area (Å²) in [5.41, 5.74) is 0.944. The smallest absolute Gasteiger partial charge is 0.144 e. The van der Waals surface area contributed by atoms with Crippen LogP contribution in [0.2, 0.25) is 5.02 Å². The van der Waals surface area contributed by atoms with Gasteiger partial charge in [0.15, 0.2) is 0 Å². The Hall–Kier alpha value is -1.88. The van der Waals surface area contributed by atoms with Gasteiger partial charge in [-0.25, -0.2) is 9.37 Å². The molecule has 3 rings (SSSR count). The van der Waals surface area contributed by atoms with Crippen LogP contribution in [0.3, 0.4) is 0 Å². The molecule has 1 saturated heterocycles. The fourth-order valence-corrected chi connectivity index (χ4v) is 2.55. The molecule has 20 heavy (non-hydrogen) atoms. The Bertz CT molecular complexity index is 593. The van der Waals surface area contributed by atoms with E-state index < -0.39 is 0 Å². The van der Waals surface area contributed by atoms with E-state index in [1.807, 2.05) is 0 Å². The molecule has 1 aliphatic rings. The first-order chi connectivity index (χ1) is 9.72. The fourth-order valence-electron chi connectivity index (χ4n) is 2.38. The summed E-state index contributed by atoms with van der Waals surface area (Å²) in [5.74, 6) is 0.389. The molecule has 0 bridgehead atoms. The standard InChI is InChI=1S/C14H14ClFN4/c15-12-7-11(1-2-13(12)16)20-6-3-10(9-20)19-14-8-17-4-5-18-14/h1-2,4-5,7-8,10H,3,6,9H2,(H,18,19). The van der Waals surface area contributed by atoms with Gasteiger partial charge < -0.3 is 10.2 Å². The Labute approximate surface area is 121 Å². The number of benzene rings is 1. The average Bonchev–Trinajstić information content (AvgIpc) is 2.91. The zero-order chi connectivity index (χ0) is 13.9. The van der Waals surface area contributed by atoms with E-state index in [0.29, 0.717) is 6.04 Å². The van der Waals surface area contributed by atoms with Crippen LogP contribution in [0.15, 0.2) is 36.8 Å². The van der Waals surface area contributed by atoms with Crippen molar-refractivity contribution in [3.8, 4) is 0 Å². The summed E-state index contributed by atoms with van der Waals surface area (Å²) in [7, 11) is 0. The molecule has 0 spiro atoms. The van der Waals surface area contributed by atoms with Crippen molar-refractivity contribution in [2.75, 3.05) is 23.3 Å². The maximum absolute atomic E-state index is 13.2. The maximum Gasteiger partial charge on any atom is 0.144 e. The highest BCUT2D eigenvalue weighted by Gasteiger charge is 2.23. The number of hydrogen-bond acceptors (Lipinski definition) is 4. The summed E-state index contributed by atoms with van der Waals surface area (Å²) < 4.78 is 13.2. The molecule has 104 valence electrons. The largest absolute Gasteiger partial charge is 0.369 e. The Morgan fingerprint density at radius 1 is 1.35 bits per heavy atom. The summed E-state index contributed by atoms with van der Waals surface area (Å²) in [6.07, 6.45) is 6.00. The van der Waals surface area contributed by atoms with Crippen LogP contribution >= 0.6 is 11.6 Å². The lowest BCUT2D eigenvalue weighted by Crippen LogP contribution is -2.26. The highest BCUT2D eigenvalue weighted by Crippen LogP contribution is 2.26. The van der Waals surface area contributed by atoms with E-state index in [1.165, 1.54) is 6.07 Å². The van der Waals surface area contributed by atoms with Gasteiger partial charge >= 0.3 is 0 Å². The lowest BCUT2D eigenvalue weighted by molar-refractivity contribution is 0.628. The average molecular weight is 293 g/mol. The number of nitrogens with one attached hydrogen (secondary N) is 1. The molecule has 1 aromatic carbocycles. The third-order valence-electron chi connectivity index (χ3n) is 3.37. The van der Waals surface area contributed by atoms with Crippen molar-refractivity contribution in [3.63, 3.8) is 0 Å². The van der Waals surface area contributed by atoms with Crippen molar-refractivity contribution >= 4 is 23.1 Å². The van der Waals surface area contributed by atoms with Crippen LogP contribution in [0.25, 0.3) is 0 Å². The Morgan fingerprint density at radius 2 is 2.25 bits per heavy atom. The molecule has 1 unspecified atom stereocenters. The summed E-state index contributed by atoms with van der Waals surface area (Å²) in [6, 6.07) is 5.13. The van der Waals surface area contributed by atoms with Gasteiger partial charge in [0.25, 0.3) is 0 Å². The number of halogens is 2. The van der Waals surface area contributed by atoms with Gasteiger partial charge in [0.2, 0.25) is 0 Å². The SMILES string of the molecule is Fc1ccc(N2CCC(Nc3cnccn3)C2)cc1Cl. The molecule has 1 aliphatic heterocycles. The van der Waals surface area contributed by atoms with E-state index in [0.717, 1.165) is 31.0 Å². The second-order valence-corrected chi connectivity index (χ2v) is 5.17. The molecular formula is C14H14ClFN4. The van der Waals surface area contributed by atoms with Crippen LogP contribution in [-0.4, -0.2) is 29.1 Å². The zero-order valence-electron chi connectivity index (χ0n) is 10.8. The minimum Gasteiger partial charge on any atom is -0.369 e. The quantitative estimate of drug-likeness (QED) is 0.944. The number of hydrogen-bond donors (Lipinski definition) is 1. The molecule has 2 heterocycles. The summed E-state index contributed by atoms with van der Waals surface area (Å²) in [6.45, 7) is 1.73. The van der Waals surface area contributed by atoms with Crippen molar-refractivity contribution in [2.45, 2.75) is 12.5 Å². The van der Waals surface area contributed by atoms with E-state index in [9.17, 15) is 4.39 Å². The summed E-state index contributed by atoms with van der Waals surface area (Å²) in [5, 5.41) is 3.50. The molecule has 1 atom stereocenters. The Balaban J connectivity index is 1.66. The van der Waals surface area contributed by atoms with Crippen molar-refractivity contribution in [1.29, 1.82) is 0 Å². The van der Waals surface area contributed by atoms with Gasteiger partial charge in [-0.05, 0) is 24.6 Å². The molecule has 2 aromatic rings. The Morgan fingerprint density at radius 3 is 3.00 bits per heavy atom. The van der Waals surface area contributed by atoms with Gasteiger partial charge in [0.05, 0.1) is 11.2 Å². The molecule has 4 nitrogen and oxygen atoms in total. The minimum absolute atomic E-state index is 0.160. The molecule has 1 aromatic heterocycles. The van der Waals surface area contributed by atoms with E-state index in [4.69, 9.17) is 11.6 Å². The van der Waals surface area contributed by atoms with Gasteiger partial charge in [0.1, 0.15) is 11.6 Å². The van der Waals surface area contributed by atoms with Crippen LogP contribution in [-0.2, 0) is 0 Å². The topological polar surface area (TPSA) is 41.0 Å². The third kappa shape index (κ3) is 2.82. The van der Waals surface area contributed by atoms with Crippen LogP contribution in [0, 0.1) is 5.82 Å². The molecule has 1 N–H and O–H groups in total. The lowest BCUT2D eigenvalue weighted by Gasteiger charge is -2.19. The molecule has 0 aliphatic carbocycles. The maximum atomic E-state index is 13.2. The van der Waals surface area contributed by atoms with Crippen molar-refractivity contribution in [2.24, 2.45) is 0 Å². The monoisotopic (exact) mass is 292 g/mol. The number of anilines is 2. The van der Waals surface area contributed by atoms with Crippen LogP contribution in [0.1, 0.15) is 6.42 Å². The van der Waals surface area contributed by atoms with E-state index in [-0.39, 0.29) is 10.8 Å². The zero-order valence-corrected chi connectivity index (χ0v) is 11.5. The first kappa shape index (κ1) is 13.1. The van der Waals surface area contributed by atoms with E-state index in [2.05, 4.69) is 20.2 Å². The Kier molecular flexibility index (Phi) is 3.69. The van der Waals surface area contributed by atoms with Crippen molar-refractivity contribution in [1.82, 2.24) is 9.97 Å². The number of aromatic nitrogens is 2. The molecule has 0 radical (unpaired) electrons. The number of nitrogens with zero attached hydrogens (tertiary/aromatic N) is 3. The molecule has 0 amide bonds. The first-order valence-electron chi connectivity index (χ1n) is 6.45. The fraction of sp³-hybridized carbons (Fsp3) is 0.286. The molecular weight excluding hydrogens is 279 g/mol. The van der Waals surface area contributed by atoms with Crippen molar-refractivity contribution in [3.05, 3.63) is 47.6 Å². The predicted molar refractivity (Wildman–Crippen MR) is 77.7 cm³/mol. The normalized spacial score (nSPS) is 18.3. The third-order valence-corrected chi connectivity index (χ3v) is 3.66. The highest BCUT2D eigenvalue weighted by atomic mass is 35.5. The highest BCUT2D eigenvalue weighted by molar-refractivity contribution is 6.31. The summed E-state index contributed by atoms with van der Waals surface area (Å²) >= 11 is 5.82. The van der Waals surface area contributed by atoms with Crippen molar-refractivity contribution < 1.29 is 4.39 Å². The van der Waals surface area contributed by atoms with E-state index in [1.54, 1.807) is 30.7 Å². The van der Waals surface area contributed by atoms with Gasteiger partial charge in [-0.2, -0.15) is 0 Å². The lowest BCUT2D eigenvalue weighted by atomic mass is 10.2. The second kappa shape index (κ2) is 5.63. The molecule has 1 fully saturated rings. The van der Waals surface area contributed by atoms with Gasteiger partial charge in [-0.3, -0.25) is 4.98 Å². The van der Waals surface area contributed by atoms with Crippen LogP contribution in [0.5, 0.6) is 0 Å². The van der Waals surface area contributed by atoms with Crippen LogP contribution in [0.4, 0.5) is 15.9 Å². The van der Waals surface area contributed by atoms with Gasteiger partial charge in [-0.15, -0.1) is 0 Å². The molecule has 0 saturated carbocycles. The number of rotatable bonds is 3.